The number of benzene rings is 1. The highest BCUT2D eigenvalue weighted by atomic mass is 16.5. The van der Waals surface area contributed by atoms with Gasteiger partial charge in [-0.3, -0.25) is 4.79 Å². The third kappa shape index (κ3) is 5.36. The minimum Gasteiger partial charge on any atom is -0.508 e. The first-order valence-corrected chi connectivity index (χ1v) is 12.8. The molecule has 0 spiro atoms. The maximum Gasteiger partial charge on any atom is 0.442 e. The third-order valence-corrected chi connectivity index (χ3v) is 7.23. The first-order chi connectivity index (χ1) is 18.3. The summed E-state index contributed by atoms with van der Waals surface area (Å²) in [6, 6.07) is 1.51. The molecule has 1 aliphatic rings. The Labute approximate surface area is 225 Å². The van der Waals surface area contributed by atoms with Crippen LogP contribution in [0.25, 0.3) is 5.69 Å². The molecular weight excluding hydrogens is 510 g/mol. The number of carbonyl (C=O) groups is 4. The number of amides is 4. The number of quaternary nitrogens is 1. The lowest BCUT2D eigenvalue weighted by Crippen LogP contribution is -2.70. The maximum atomic E-state index is 14.3. The molecule has 1 aromatic heterocycles. The van der Waals surface area contributed by atoms with Gasteiger partial charge in [-0.1, -0.05) is 27.7 Å². The predicted octanol–water partition coefficient (Wildman–Crippen LogP) is 2.44. The number of ether oxygens (including phenoxy) is 1. The Morgan fingerprint density at radius 3 is 2.26 bits per heavy atom. The summed E-state index contributed by atoms with van der Waals surface area (Å²) in [7, 11) is 1.06. The predicted molar refractivity (Wildman–Crippen MR) is 138 cm³/mol. The molecule has 13 nitrogen and oxygen atoms in total. The number of likely N-dealkylation sites (tertiary alicyclic amines) is 1. The summed E-state index contributed by atoms with van der Waals surface area (Å²) in [5, 5.41) is 13.5. The first kappa shape index (κ1) is 29.7. The van der Waals surface area contributed by atoms with Crippen LogP contribution in [0.1, 0.15) is 58.1 Å². The van der Waals surface area contributed by atoms with Gasteiger partial charge in [-0.05, 0) is 43.0 Å². The number of nitrogens with two attached hydrogens (primary N) is 1. The summed E-state index contributed by atoms with van der Waals surface area (Å²) < 4.78 is 10.1. The van der Waals surface area contributed by atoms with Crippen LogP contribution in [0.2, 0.25) is 0 Å². The third-order valence-electron chi connectivity index (χ3n) is 7.23. The van der Waals surface area contributed by atoms with Crippen LogP contribution in [0.15, 0.2) is 33.5 Å². The number of nitrogens with zero attached hydrogens (tertiary/aromatic N) is 4. The van der Waals surface area contributed by atoms with Crippen LogP contribution in [0.4, 0.5) is 9.59 Å². The summed E-state index contributed by atoms with van der Waals surface area (Å²) in [5.74, 6) is -4.11. The number of aromatic hydroxyl groups is 1. The van der Waals surface area contributed by atoms with Crippen molar-refractivity contribution in [1.82, 2.24) is 14.7 Å². The van der Waals surface area contributed by atoms with E-state index in [9.17, 15) is 29.1 Å². The number of Topliss-reactive ketones (excluding diaryl/α,β-unsaturated/α-hetero) is 1. The van der Waals surface area contributed by atoms with Gasteiger partial charge in [-0.25, -0.2) is 19.2 Å². The largest absolute Gasteiger partial charge is 0.508 e. The first-order valence-electron chi connectivity index (χ1n) is 12.8. The van der Waals surface area contributed by atoms with Gasteiger partial charge in [0.25, 0.3) is 5.89 Å². The minimum absolute atomic E-state index is 0.0429. The number of rotatable bonds is 7. The van der Waals surface area contributed by atoms with Crippen molar-refractivity contribution >= 4 is 23.8 Å². The quantitative estimate of drug-likeness (QED) is 0.387. The van der Waals surface area contributed by atoms with Gasteiger partial charge >= 0.3 is 23.8 Å². The van der Waals surface area contributed by atoms with E-state index in [0.717, 1.165) is 11.8 Å². The fraction of sp³-hybridized carbons (Fsp3) is 0.538. The van der Waals surface area contributed by atoms with Crippen molar-refractivity contribution in [3.05, 3.63) is 40.7 Å². The molecule has 1 unspecified atom stereocenters. The van der Waals surface area contributed by atoms with E-state index in [-0.39, 0.29) is 23.9 Å². The number of phenolic OH excluding ortho intramolecular Hbond substituents is 1. The fourth-order valence-electron chi connectivity index (χ4n) is 4.91. The highest BCUT2D eigenvalue weighted by Crippen LogP contribution is 2.33. The molecule has 4 amide bonds. The molecule has 3 N–H and O–H groups in total. The average Bonchev–Trinajstić information content (AvgIpc) is 3.48. The van der Waals surface area contributed by atoms with Gasteiger partial charge in [0.2, 0.25) is 5.78 Å². The number of carbonyl (C=O) groups excluding carboxylic acids is 4. The van der Waals surface area contributed by atoms with Gasteiger partial charge in [0.15, 0.2) is 0 Å². The van der Waals surface area contributed by atoms with E-state index >= 15 is 0 Å². The monoisotopic (exact) mass is 546 g/mol. The SMILES string of the molecule is COC(=O)N(C(=O)[N+]1(C(=O)[C@@H](N)C(C)C)CCC[C@H]1C)[C@H](C(=O)c1nn(-c2ccc(O)cc2)c(=O)o1)C(C)C. The van der Waals surface area contributed by atoms with E-state index in [2.05, 4.69) is 5.10 Å². The Balaban J connectivity index is 2.11. The lowest BCUT2D eigenvalue weighted by Gasteiger charge is -2.40. The number of ketones is 1. The number of phenols is 1. The van der Waals surface area contributed by atoms with E-state index in [1.54, 1.807) is 34.6 Å². The Hall–Kier alpha value is -3.84. The van der Waals surface area contributed by atoms with Gasteiger partial charge in [0.05, 0.1) is 19.3 Å². The topological polar surface area (TPSA) is 175 Å². The summed E-state index contributed by atoms with van der Waals surface area (Å²) in [6.07, 6.45) is -0.0799. The van der Waals surface area contributed by atoms with E-state index in [4.69, 9.17) is 14.9 Å². The lowest BCUT2D eigenvalue weighted by atomic mass is 9.97. The second-order valence-electron chi connectivity index (χ2n) is 10.5. The van der Waals surface area contributed by atoms with Crippen molar-refractivity contribution in [1.29, 1.82) is 0 Å². The van der Waals surface area contributed by atoms with Crippen LogP contribution in [0, 0.1) is 11.8 Å². The molecule has 2 heterocycles. The van der Waals surface area contributed by atoms with Crippen LogP contribution in [-0.4, -0.2) is 79.9 Å². The molecule has 4 atom stereocenters. The Morgan fingerprint density at radius 2 is 1.77 bits per heavy atom. The average molecular weight is 547 g/mol. The molecule has 1 saturated heterocycles. The highest BCUT2D eigenvalue weighted by molar-refractivity contribution is 6.03. The Kier molecular flexibility index (Phi) is 8.76. The molecule has 13 heteroatoms. The standard InChI is InChI=1S/C26H35N5O8/c1-14(2)19(27)23(34)31(13-7-8-16(31)5)24(35)29(25(36)38-6)20(15(3)4)21(33)22-28-30(26(37)39-22)17-9-11-18(32)12-10-17/h9-12,14-16,19-20H,7-8,13,27H2,1-6H3/p+1/t16-,19+,20+,31?/m1/s1. The lowest BCUT2D eigenvalue weighted by molar-refractivity contribution is -0.788. The Bertz CT molecular complexity index is 1300. The van der Waals surface area contributed by atoms with E-state index in [1.165, 1.54) is 24.3 Å². The smallest absolute Gasteiger partial charge is 0.442 e. The second kappa shape index (κ2) is 11.5. The van der Waals surface area contributed by atoms with Gasteiger partial charge in [-0.15, -0.1) is 5.10 Å². The van der Waals surface area contributed by atoms with Gasteiger partial charge < -0.3 is 20.0 Å². The fourth-order valence-corrected chi connectivity index (χ4v) is 4.91. The molecule has 0 saturated carbocycles. The normalized spacial score (nSPS) is 20.6. The summed E-state index contributed by atoms with van der Waals surface area (Å²) >= 11 is 0. The van der Waals surface area contributed by atoms with E-state index < -0.39 is 64.0 Å². The molecule has 1 aromatic carbocycles. The van der Waals surface area contributed by atoms with Crippen molar-refractivity contribution in [2.45, 2.75) is 65.6 Å². The molecule has 2 aromatic rings. The number of urea groups is 1. The molecular formula is C26H36N5O8+. The van der Waals surface area contributed by atoms with Crippen molar-refractivity contribution in [3.8, 4) is 11.4 Å². The zero-order valence-corrected chi connectivity index (χ0v) is 23.0. The van der Waals surface area contributed by atoms with Crippen molar-refractivity contribution in [2.24, 2.45) is 17.6 Å². The van der Waals surface area contributed by atoms with Crippen LogP contribution in [0.3, 0.4) is 0 Å². The maximum absolute atomic E-state index is 14.3. The Morgan fingerprint density at radius 1 is 1.15 bits per heavy atom. The molecule has 0 radical (unpaired) electrons. The van der Waals surface area contributed by atoms with Crippen LogP contribution in [-0.2, 0) is 9.53 Å². The molecule has 1 fully saturated rings. The molecule has 212 valence electrons. The zero-order chi connectivity index (χ0) is 29.2. The van der Waals surface area contributed by atoms with E-state index in [0.29, 0.717) is 17.7 Å². The summed E-state index contributed by atoms with van der Waals surface area (Å²) in [6.45, 7) is 8.55. The molecule has 3 rings (SSSR count). The van der Waals surface area contributed by atoms with Crippen LogP contribution >= 0.6 is 0 Å². The molecule has 0 bridgehead atoms. The number of methoxy groups -OCH3 is 1. The summed E-state index contributed by atoms with van der Waals surface area (Å²) in [4.78, 5) is 68.0. The van der Waals surface area contributed by atoms with Gasteiger partial charge in [0, 0.05) is 12.8 Å². The molecule has 39 heavy (non-hydrogen) atoms. The summed E-state index contributed by atoms with van der Waals surface area (Å²) in [5.41, 5.74) is 6.42. The zero-order valence-electron chi connectivity index (χ0n) is 23.0. The van der Waals surface area contributed by atoms with Crippen molar-refractivity contribution in [3.63, 3.8) is 0 Å². The molecule has 0 aliphatic carbocycles. The van der Waals surface area contributed by atoms with E-state index in [1.807, 2.05) is 0 Å². The van der Waals surface area contributed by atoms with Crippen LogP contribution < -0.4 is 11.5 Å². The van der Waals surface area contributed by atoms with Gasteiger partial charge in [0.1, 0.15) is 23.9 Å². The van der Waals surface area contributed by atoms with Crippen LogP contribution in [0.5, 0.6) is 5.75 Å². The number of aromatic nitrogens is 2. The minimum atomic E-state index is -1.51. The second-order valence-corrected chi connectivity index (χ2v) is 10.5. The molecule has 1 aliphatic heterocycles. The highest BCUT2D eigenvalue weighted by Gasteiger charge is 2.59. The number of imide groups is 2. The number of hydrogen-bond donors (Lipinski definition) is 2. The van der Waals surface area contributed by atoms with Gasteiger partial charge in [-0.2, -0.15) is 14.1 Å². The van der Waals surface area contributed by atoms with Crippen molar-refractivity contribution in [2.75, 3.05) is 13.7 Å². The number of hydrogen-bond acceptors (Lipinski definition) is 10. The van der Waals surface area contributed by atoms with Crippen molar-refractivity contribution < 1.29 is 37.9 Å².